The molecule has 0 amide bonds. The van der Waals surface area contributed by atoms with E-state index in [0.717, 1.165) is 63.3 Å². The van der Waals surface area contributed by atoms with E-state index in [9.17, 15) is 4.79 Å². The first kappa shape index (κ1) is 27.6. The Kier molecular flexibility index (Phi) is 12.6. The standard InChI is InChI=1S/C29H46N2O4/c1-3-25(4-2)34-27(32)17-13-8-6-5-7-9-14-22-33-26-20-18-24(19-21-26)29-31-30-28(35-29)23-15-11-10-12-16-23/h3-4,23-26H,1-2,5-22H2. The van der Waals surface area contributed by atoms with Gasteiger partial charge in [0.05, 0.1) is 6.10 Å². The van der Waals surface area contributed by atoms with Crippen LogP contribution >= 0.6 is 0 Å². The van der Waals surface area contributed by atoms with E-state index in [-0.39, 0.29) is 12.1 Å². The van der Waals surface area contributed by atoms with Crippen LogP contribution in [0, 0.1) is 0 Å². The Hall–Kier alpha value is -1.95. The van der Waals surface area contributed by atoms with Gasteiger partial charge in [-0.15, -0.1) is 10.2 Å². The number of carbonyl (C=O) groups excluding carboxylic acids is 1. The molecule has 0 bridgehead atoms. The number of hydrogen-bond acceptors (Lipinski definition) is 6. The van der Waals surface area contributed by atoms with Crippen LogP contribution in [0.25, 0.3) is 0 Å². The molecule has 2 saturated carbocycles. The molecule has 3 rings (SSSR count). The van der Waals surface area contributed by atoms with Gasteiger partial charge in [-0.3, -0.25) is 4.79 Å². The number of unbranched alkanes of at least 4 members (excludes halogenated alkanes) is 6. The molecule has 0 aromatic carbocycles. The Morgan fingerprint density at radius 2 is 1.40 bits per heavy atom. The maximum atomic E-state index is 11.7. The Labute approximate surface area is 211 Å². The van der Waals surface area contributed by atoms with Gasteiger partial charge in [-0.05, 0) is 63.5 Å². The molecule has 2 aliphatic rings. The third-order valence-electron chi connectivity index (χ3n) is 7.55. The van der Waals surface area contributed by atoms with Crippen molar-refractivity contribution < 1.29 is 18.7 Å². The van der Waals surface area contributed by atoms with Crippen LogP contribution in [0.1, 0.15) is 133 Å². The van der Waals surface area contributed by atoms with Crippen LogP contribution in [-0.2, 0) is 14.3 Å². The summed E-state index contributed by atoms with van der Waals surface area (Å²) in [5.74, 6) is 2.47. The van der Waals surface area contributed by atoms with Gasteiger partial charge in [0.1, 0.15) is 6.10 Å². The number of rotatable bonds is 16. The van der Waals surface area contributed by atoms with Crippen LogP contribution < -0.4 is 0 Å². The molecule has 0 radical (unpaired) electrons. The predicted octanol–water partition coefficient (Wildman–Crippen LogP) is 7.56. The summed E-state index contributed by atoms with van der Waals surface area (Å²) < 4.78 is 17.5. The second-order valence-corrected chi connectivity index (χ2v) is 10.3. The zero-order valence-corrected chi connectivity index (χ0v) is 21.6. The summed E-state index contributed by atoms with van der Waals surface area (Å²) >= 11 is 0. The largest absolute Gasteiger partial charge is 0.454 e. The summed E-state index contributed by atoms with van der Waals surface area (Å²) in [6.45, 7) is 8.11. The Balaban J connectivity index is 1.15. The number of esters is 1. The van der Waals surface area contributed by atoms with E-state index in [0.29, 0.717) is 24.4 Å². The summed E-state index contributed by atoms with van der Waals surface area (Å²) in [6.07, 6.45) is 22.3. The van der Waals surface area contributed by atoms with Crippen LogP contribution in [0.5, 0.6) is 0 Å². The molecule has 1 aromatic heterocycles. The Bertz CT molecular complexity index is 740. The second kappa shape index (κ2) is 15.9. The third kappa shape index (κ3) is 9.91. The van der Waals surface area contributed by atoms with Gasteiger partial charge in [-0.25, -0.2) is 0 Å². The van der Waals surface area contributed by atoms with Crippen LogP contribution in [0.3, 0.4) is 0 Å². The molecule has 0 aliphatic heterocycles. The molecule has 0 unspecified atom stereocenters. The molecule has 0 N–H and O–H groups in total. The minimum atomic E-state index is -0.371. The highest BCUT2D eigenvalue weighted by molar-refractivity contribution is 5.69. The smallest absolute Gasteiger partial charge is 0.306 e. The zero-order chi connectivity index (χ0) is 24.7. The van der Waals surface area contributed by atoms with Crippen molar-refractivity contribution in [2.24, 2.45) is 0 Å². The van der Waals surface area contributed by atoms with Gasteiger partial charge >= 0.3 is 5.97 Å². The molecule has 0 saturated heterocycles. The fraction of sp³-hybridized carbons (Fsp3) is 0.759. The van der Waals surface area contributed by atoms with Crippen LogP contribution in [-0.4, -0.2) is 35.0 Å². The third-order valence-corrected chi connectivity index (χ3v) is 7.55. The summed E-state index contributed by atoms with van der Waals surface area (Å²) in [4.78, 5) is 11.7. The molecular weight excluding hydrogens is 440 g/mol. The molecule has 196 valence electrons. The van der Waals surface area contributed by atoms with Crippen LogP contribution in [0.2, 0.25) is 0 Å². The number of carbonyl (C=O) groups is 1. The highest BCUT2D eigenvalue weighted by atomic mass is 16.5. The van der Waals surface area contributed by atoms with Gasteiger partial charge in [0.15, 0.2) is 0 Å². The van der Waals surface area contributed by atoms with Gasteiger partial charge in [-0.1, -0.05) is 64.5 Å². The van der Waals surface area contributed by atoms with Gasteiger partial charge in [0.2, 0.25) is 11.8 Å². The van der Waals surface area contributed by atoms with Crippen molar-refractivity contribution in [1.29, 1.82) is 0 Å². The average Bonchev–Trinajstić information content (AvgIpc) is 3.39. The topological polar surface area (TPSA) is 74.5 Å². The molecule has 0 spiro atoms. The summed E-state index contributed by atoms with van der Waals surface area (Å²) in [5.41, 5.74) is 0. The lowest BCUT2D eigenvalue weighted by molar-refractivity contribution is -0.145. The molecule has 0 atom stereocenters. The van der Waals surface area contributed by atoms with E-state index >= 15 is 0 Å². The first-order valence-electron chi connectivity index (χ1n) is 14.1. The average molecular weight is 487 g/mol. The Morgan fingerprint density at radius 1 is 0.829 bits per heavy atom. The molecule has 1 aromatic rings. The fourth-order valence-electron chi connectivity index (χ4n) is 5.31. The summed E-state index contributed by atoms with van der Waals surface area (Å²) in [7, 11) is 0. The minimum Gasteiger partial charge on any atom is -0.454 e. The number of aromatic nitrogens is 2. The first-order chi connectivity index (χ1) is 17.2. The van der Waals surface area contributed by atoms with Crippen molar-refractivity contribution in [3.63, 3.8) is 0 Å². The van der Waals surface area contributed by atoms with Crippen molar-refractivity contribution >= 4 is 5.97 Å². The maximum absolute atomic E-state index is 11.7. The predicted molar refractivity (Wildman–Crippen MR) is 138 cm³/mol. The number of hydrogen-bond donors (Lipinski definition) is 0. The molecule has 6 nitrogen and oxygen atoms in total. The number of nitrogens with zero attached hydrogens (tertiary/aromatic N) is 2. The van der Waals surface area contributed by atoms with E-state index in [1.165, 1.54) is 57.8 Å². The van der Waals surface area contributed by atoms with E-state index in [1.54, 1.807) is 12.2 Å². The summed E-state index contributed by atoms with van der Waals surface area (Å²) in [6, 6.07) is 0. The van der Waals surface area contributed by atoms with Gasteiger partial charge in [0.25, 0.3) is 0 Å². The van der Waals surface area contributed by atoms with Crippen molar-refractivity contribution in [1.82, 2.24) is 10.2 Å². The molecule has 1 heterocycles. The lowest BCUT2D eigenvalue weighted by Gasteiger charge is -2.26. The monoisotopic (exact) mass is 486 g/mol. The van der Waals surface area contributed by atoms with Crippen molar-refractivity contribution in [2.75, 3.05) is 6.61 Å². The van der Waals surface area contributed by atoms with Gasteiger partial charge in [0, 0.05) is 24.9 Å². The zero-order valence-electron chi connectivity index (χ0n) is 21.6. The highest BCUT2D eigenvalue weighted by Crippen LogP contribution is 2.36. The molecule has 2 fully saturated rings. The summed E-state index contributed by atoms with van der Waals surface area (Å²) in [5, 5.41) is 8.79. The van der Waals surface area contributed by atoms with E-state index in [1.807, 2.05) is 0 Å². The first-order valence-corrected chi connectivity index (χ1v) is 14.1. The second-order valence-electron chi connectivity index (χ2n) is 10.3. The van der Waals surface area contributed by atoms with Crippen LogP contribution in [0.15, 0.2) is 29.7 Å². The van der Waals surface area contributed by atoms with E-state index in [2.05, 4.69) is 23.4 Å². The Morgan fingerprint density at radius 3 is 2.03 bits per heavy atom. The lowest BCUT2D eigenvalue weighted by atomic mass is 9.87. The van der Waals surface area contributed by atoms with Crippen molar-refractivity contribution in [2.45, 2.75) is 133 Å². The molecule has 2 aliphatic carbocycles. The fourth-order valence-corrected chi connectivity index (χ4v) is 5.31. The number of ether oxygens (including phenoxy) is 2. The van der Waals surface area contributed by atoms with Gasteiger partial charge < -0.3 is 13.9 Å². The van der Waals surface area contributed by atoms with Crippen LogP contribution in [0.4, 0.5) is 0 Å². The normalized spacial score (nSPS) is 21.2. The van der Waals surface area contributed by atoms with Gasteiger partial charge in [-0.2, -0.15) is 0 Å². The lowest BCUT2D eigenvalue weighted by Crippen LogP contribution is -2.21. The highest BCUT2D eigenvalue weighted by Gasteiger charge is 2.28. The van der Waals surface area contributed by atoms with E-state index in [4.69, 9.17) is 13.9 Å². The molecule has 6 heteroatoms. The maximum Gasteiger partial charge on any atom is 0.306 e. The van der Waals surface area contributed by atoms with Crippen molar-refractivity contribution in [3.8, 4) is 0 Å². The quantitative estimate of drug-likeness (QED) is 0.136. The SMILES string of the molecule is C=CC(C=C)OC(=O)CCCCCCCCCOC1CCC(c2nnc(C3CCCCC3)o2)CC1. The van der Waals surface area contributed by atoms with Crippen molar-refractivity contribution in [3.05, 3.63) is 37.1 Å². The molecular formula is C29H46N2O4. The van der Waals surface area contributed by atoms with E-state index < -0.39 is 0 Å². The minimum absolute atomic E-state index is 0.165. The molecule has 35 heavy (non-hydrogen) atoms.